The number of methoxy groups -OCH3 is 1. The molecule has 0 atom stereocenters. The molecule has 0 unspecified atom stereocenters. The van der Waals surface area contributed by atoms with Gasteiger partial charge in [0.2, 0.25) is 0 Å². The lowest BCUT2D eigenvalue weighted by atomic mass is 9.92. The molecule has 0 spiro atoms. The summed E-state index contributed by atoms with van der Waals surface area (Å²) in [6, 6.07) is 8.84. The van der Waals surface area contributed by atoms with Gasteiger partial charge in [-0.2, -0.15) is 10.1 Å². The Morgan fingerprint density at radius 3 is 2.24 bits per heavy atom. The lowest BCUT2D eigenvalue weighted by Gasteiger charge is -2.35. The molecule has 1 fully saturated rings. The minimum atomic E-state index is -3.43. The fourth-order valence-electron chi connectivity index (χ4n) is 5.45. The summed E-state index contributed by atoms with van der Waals surface area (Å²) in [7, 11) is 1.46. The molecule has 0 saturated heterocycles. The molecule has 51 heavy (non-hydrogen) atoms. The van der Waals surface area contributed by atoms with E-state index in [0.717, 1.165) is 18.0 Å². The molecule has 0 radical (unpaired) electrons. The van der Waals surface area contributed by atoms with Crippen LogP contribution in [0.25, 0.3) is 22.6 Å². The molecule has 6 N–H and O–H groups in total. The number of aromatic hydroxyl groups is 1. The van der Waals surface area contributed by atoms with Crippen LogP contribution in [0, 0.1) is 0 Å². The summed E-state index contributed by atoms with van der Waals surface area (Å²) in [5.41, 5.74) is 0.391. The molecule has 6 rings (SSSR count). The summed E-state index contributed by atoms with van der Waals surface area (Å²) in [4.78, 5) is 40.4. The van der Waals surface area contributed by atoms with E-state index in [0.29, 0.717) is 41.6 Å². The van der Waals surface area contributed by atoms with Crippen molar-refractivity contribution in [2.75, 3.05) is 12.0 Å². The van der Waals surface area contributed by atoms with Gasteiger partial charge < -0.3 is 44.8 Å². The van der Waals surface area contributed by atoms with Gasteiger partial charge in [0.05, 0.1) is 37.0 Å². The second-order valence-corrected chi connectivity index (χ2v) is 11.4. The quantitative estimate of drug-likeness (QED) is 0.106. The number of hydrogen-bond donors (Lipinski definition) is 6. The number of ether oxygens (including phenoxy) is 3. The Balaban J connectivity index is 1.19. The second-order valence-electron chi connectivity index (χ2n) is 11.4. The van der Waals surface area contributed by atoms with E-state index in [4.69, 9.17) is 14.2 Å². The zero-order valence-corrected chi connectivity index (χ0v) is 27.0. The van der Waals surface area contributed by atoms with Crippen molar-refractivity contribution in [2.45, 2.75) is 56.8 Å². The molecule has 19 heteroatoms. The predicted octanol–water partition coefficient (Wildman–Crippen LogP) is 1.36. The Labute approximate surface area is 289 Å². The highest BCUT2D eigenvalue weighted by Crippen LogP contribution is 2.35. The third-order valence-electron chi connectivity index (χ3n) is 7.98. The molecule has 1 aliphatic rings. The van der Waals surface area contributed by atoms with Crippen LogP contribution in [0.15, 0.2) is 67.5 Å². The first-order chi connectivity index (χ1) is 24.5. The number of aliphatic hydroxyl groups excluding tert-OH is 1. The molecule has 0 bridgehead atoms. The maximum Gasteiger partial charge on any atom is 0.416 e. The van der Waals surface area contributed by atoms with E-state index in [2.05, 4.69) is 35.0 Å². The van der Waals surface area contributed by atoms with Crippen LogP contribution < -0.4 is 14.4 Å². The summed E-state index contributed by atoms with van der Waals surface area (Å²) < 4.78 is 17.3. The fraction of sp³-hybridized carbons (Fsp3) is 0.312. The first-order valence-electron chi connectivity index (χ1n) is 15.5. The number of hydrogen-bond acceptors (Lipinski definition) is 17. The molecule has 1 aliphatic carbocycles. The van der Waals surface area contributed by atoms with Gasteiger partial charge >= 0.3 is 24.1 Å². The van der Waals surface area contributed by atoms with Gasteiger partial charge in [-0.25, -0.2) is 29.4 Å². The summed E-state index contributed by atoms with van der Waals surface area (Å²) >= 11 is 0. The fourth-order valence-corrected chi connectivity index (χ4v) is 5.45. The molecule has 1 aromatic carbocycles. The third-order valence-corrected chi connectivity index (χ3v) is 7.98. The first-order valence-corrected chi connectivity index (χ1v) is 15.5. The van der Waals surface area contributed by atoms with Crippen molar-refractivity contribution in [3.8, 4) is 40.4 Å². The topological polar surface area (TPSA) is 265 Å². The zero-order valence-electron chi connectivity index (χ0n) is 27.0. The van der Waals surface area contributed by atoms with E-state index in [9.17, 15) is 35.4 Å². The average molecular weight is 704 g/mol. The predicted molar refractivity (Wildman–Crippen MR) is 172 cm³/mol. The minimum absolute atomic E-state index is 0.0425. The van der Waals surface area contributed by atoms with Crippen molar-refractivity contribution >= 4 is 11.9 Å². The molecule has 1 amide bonds. The number of carbonyl (C=O) groups is 1. The summed E-state index contributed by atoms with van der Waals surface area (Å²) in [6.45, 7) is 0.0425. The standard InChI is InChI=1S/C32H33N9O10/c1-49-28-35-11-19(12-36-28)23-14-34-25(15-33-23)41(31(45)50-17-18-5-3-2-4-6-18)20-7-9-21(10-8-20)51-29-37-13-22(32(46,47)48)26(38-29)27-24(42)16-40(39-27)30(43)44/h2-6,11-16,20-21,30,42-44,46-48H,7-10,17H2,1H3. The smallest absolute Gasteiger partial charge is 0.416 e. The monoisotopic (exact) mass is 703 g/mol. The molecule has 5 aromatic rings. The molecule has 4 aromatic heterocycles. The minimum Gasteiger partial charge on any atom is -0.504 e. The van der Waals surface area contributed by atoms with E-state index in [-0.39, 0.29) is 30.5 Å². The molecule has 266 valence electrons. The van der Waals surface area contributed by atoms with Gasteiger partial charge in [-0.3, -0.25) is 9.88 Å². The number of aliphatic hydroxyl groups is 5. The van der Waals surface area contributed by atoms with Crippen LogP contribution >= 0.6 is 0 Å². The summed E-state index contributed by atoms with van der Waals surface area (Å²) in [5, 5.41) is 62.6. The normalized spacial score (nSPS) is 16.1. The Bertz CT molecular complexity index is 1930. The van der Waals surface area contributed by atoms with Crippen molar-refractivity contribution in [1.82, 2.24) is 39.7 Å². The van der Waals surface area contributed by atoms with Crippen LogP contribution in [0.1, 0.15) is 43.2 Å². The largest absolute Gasteiger partial charge is 0.504 e. The number of nitrogens with zero attached hydrogens (tertiary/aromatic N) is 9. The van der Waals surface area contributed by atoms with Crippen molar-refractivity contribution in [1.29, 1.82) is 0 Å². The van der Waals surface area contributed by atoms with Crippen LogP contribution in [0.5, 0.6) is 17.8 Å². The number of amides is 1. The SMILES string of the molecule is COc1ncc(-c2cnc(N(C(=O)OCc3ccccc3)C3CCC(Oc4ncc(C(O)(O)O)c(-c5nn(C(O)O)cc5O)n4)CC3)cn2)cn1. The highest BCUT2D eigenvalue weighted by Gasteiger charge is 2.35. The Kier molecular flexibility index (Phi) is 10.3. The van der Waals surface area contributed by atoms with Gasteiger partial charge in [0.1, 0.15) is 18.4 Å². The second kappa shape index (κ2) is 14.9. The number of carbonyl (C=O) groups excluding carboxylic acids is 1. The van der Waals surface area contributed by atoms with Crippen LogP contribution in [0.3, 0.4) is 0 Å². The van der Waals surface area contributed by atoms with Gasteiger partial charge in [0, 0.05) is 30.2 Å². The highest BCUT2D eigenvalue weighted by molar-refractivity contribution is 5.87. The Morgan fingerprint density at radius 2 is 1.63 bits per heavy atom. The molecule has 0 aliphatic heterocycles. The lowest BCUT2D eigenvalue weighted by Crippen LogP contribution is -2.44. The van der Waals surface area contributed by atoms with E-state index in [1.54, 1.807) is 12.4 Å². The van der Waals surface area contributed by atoms with Crippen LogP contribution in [-0.2, 0) is 17.3 Å². The zero-order chi connectivity index (χ0) is 36.1. The van der Waals surface area contributed by atoms with Gasteiger partial charge in [0.25, 0.3) is 6.41 Å². The molecule has 19 nitrogen and oxygen atoms in total. The highest BCUT2D eigenvalue weighted by atomic mass is 16.7. The van der Waals surface area contributed by atoms with Crippen LogP contribution in [0.4, 0.5) is 10.6 Å². The van der Waals surface area contributed by atoms with Crippen LogP contribution in [0.2, 0.25) is 0 Å². The lowest BCUT2D eigenvalue weighted by molar-refractivity contribution is -0.323. The molecule has 1 saturated carbocycles. The van der Waals surface area contributed by atoms with Gasteiger partial charge in [-0.15, -0.1) is 0 Å². The maximum absolute atomic E-state index is 13.6. The Hall–Kier alpha value is -5.86. The van der Waals surface area contributed by atoms with Crippen molar-refractivity contribution in [3.63, 3.8) is 0 Å². The molecular formula is C32H33N9O10. The van der Waals surface area contributed by atoms with Crippen LogP contribution in [-0.4, -0.2) is 95.7 Å². The number of benzene rings is 1. The van der Waals surface area contributed by atoms with Gasteiger partial charge in [-0.05, 0) is 31.2 Å². The van der Waals surface area contributed by atoms with Crippen molar-refractivity contribution in [2.24, 2.45) is 0 Å². The number of aromatic nitrogens is 8. The van der Waals surface area contributed by atoms with E-state index in [1.807, 2.05) is 30.3 Å². The van der Waals surface area contributed by atoms with E-state index in [1.165, 1.54) is 24.4 Å². The first kappa shape index (κ1) is 35.0. The van der Waals surface area contributed by atoms with E-state index >= 15 is 0 Å². The maximum atomic E-state index is 13.6. The van der Waals surface area contributed by atoms with E-state index < -0.39 is 47.3 Å². The third kappa shape index (κ3) is 8.14. The molecular weight excluding hydrogens is 670 g/mol. The van der Waals surface area contributed by atoms with Gasteiger partial charge in [0.15, 0.2) is 17.3 Å². The number of anilines is 1. The summed E-state index contributed by atoms with van der Waals surface area (Å²) in [6.07, 6.45) is 6.34. The van der Waals surface area contributed by atoms with Crippen molar-refractivity contribution in [3.05, 3.63) is 78.6 Å². The Morgan fingerprint density at radius 1 is 0.922 bits per heavy atom. The van der Waals surface area contributed by atoms with Crippen molar-refractivity contribution < 1.29 is 49.6 Å². The van der Waals surface area contributed by atoms with Gasteiger partial charge in [-0.1, -0.05) is 30.3 Å². The summed E-state index contributed by atoms with van der Waals surface area (Å²) in [5.74, 6) is -3.76. The average Bonchev–Trinajstić information content (AvgIpc) is 3.53. The number of rotatable bonds is 11. The molecule has 4 heterocycles.